The maximum Gasteiger partial charge on any atom is 0.254 e. The van der Waals surface area contributed by atoms with Gasteiger partial charge in [0.05, 0.1) is 19.4 Å². The van der Waals surface area contributed by atoms with Gasteiger partial charge in [-0.1, -0.05) is 24.3 Å². The third kappa shape index (κ3) is 4.16. The van der Waals surface area contributed by atoms with Crippen LogP contribution in [-0.2, 0) is 17.9 Å². The van der Waals surface area contributed by atoms with Crippen molar-refractivity contribution >= 4 is 17.5 Å². The summed E-state index contributed by atoms with van der Waals surface area (Å²) in [4.78, 5) is 28.7. The molecule has 0 atom stereocenters. The number of rotatable bonds is 6. The molecule has 1 saturated heterocycles. The van der Waals surface area contributed by atoms with Gasteiger partial charge in [-0.25, -0.2) is 0 Å². The van der Waals surface area contributed by atoms with Gasteiger partial charge in [0, 0.05) is 29.8 Å². The van der Waals surface area contributed by atoms with E-state index in [1.54, 1.807) is 58.5 Å². The number of phenols is 1. The van der Waals surface area contributed by atoms with Gasteiger partial charge in [0.15, 0.2) is 0 Å². The first-order valence-electron chi connectivity index (χ1n) is 9.61. The summed E-state index contributed by atoms with van der Waals surface area (Å²) >= 11 is 0. The summed E-state index contributed by atoms with van der Waals surface area (Å²) in [7, 11) is 0. The Morgan fingerprint density at radius 1 is 1.07 bits per heavy atom. The molecule has 1 aliphatic rings. The van der Waals surface area contributed by atoms with Crippen LogP contribution < -0.4 is 4.90 Å². The Kier molecular flexibility index (Phi) is 5.33. The molecule has 2 aromatic carbocycles. The van der Waals surface area contributed by atoms with Crippen LogP contribution >= 0.6 is 0 Å². The van der Waals surface area contributed by atoms with Crippen LogP contribution in [0.5, 0.6) is 5.75 Å². The third-order valence-corrected chi connectivity index (χ3v) is 5.05. The van der Waals surface area contributed by atoms with E-state index in [1.807, 2.05) is 18.2 Å². The zero-order valence-corrected chi connectivity index (χ0v) is 16.0. The van der Waals surface area contributed by atoms with E-state index in [-0.39, 0.29) is 30.7 Å². The lowest BCUT2D eigenvalue weighted by atomic mass is 10.1. The number of amides is 2. The van der Waals surface area contributed by atoms with Gasteiger partial charge < -0.3 is 19.3 Å². The van der Waals surface area contributed by atoms with Gasteiger partial charge in [-0.2, -0.15) is 0 Å². The highest BCUT2D eigenvalue weighted by Crippen LogP contribution is 2.25. The standard InChI is InChI=1S/C23H22N2O4/c26-21-10-2-1-6-18(21)15-24(16-20-9-5-13-29-20)23(28)17-7-3-8-19(14-17)25-12-4-11-22(25)27/h1-3,5-10,13-14,26H,4,11-12,15-16H2. The van der Waals surface area contributed by atoms with Crippen LogP contribution in [0.25, 0.3) is 0 Å². The van der Waals surface area contributed by atoms with Crippen LogP contribution in [0, 0.1) is 0 Å². The van der Waals surface area contributed by atoms with Crippen LogP contribution in [0.3, 0.4) is 0 Å². The van der Waals surface area contributed by atoms with E-state index in [1.165, 1.54) is 0 Å². The molecule has 2 amide bonds. The van der Waals surface area contributed by atoms with E-state index >= 15 is 0 Å². The van der Waals surface area contributed by atoms with Crippen LogP contribution in [0.4, 0.5) is 5.69 Å². The first-order valence-corrected chi connectivity index (χ1v) is 9.61. The molecule has 0 aliphatic carbocycles. The highest BCUT2D eigenvalue weighted by molar-refractivity contribution is 5.99. The molecule has 6 nitrogen and oxygen atoms in total. The van der Waals surface area contributed by atoms with E-state index in [4.69, 9.17) is 4.42 Å². The molecular weight excluding hydrogens is 368 g/mol. The first-order chi connectivity index (χ1) is 14.1. The van der Waals surface area contributed by atoms with E-state index in [2.05, 4.69) is 0 Å². The highest BCUT2D eigenvalue weighted by Gasteiger charge is 2.24. The van der Waals surface area contributed by atoms with Crippen molar-refractivity contribution in [3.63, 3.8) is 0 Å². The number of furan rings is 1. The van der Waals surface area contributed by atoms with Gasteiger partial charge in [-0.05, 0) is 42.8 Å². The Balaban J connectivity index is 1.62. The topological polar surface area (TPSA) is 74.0 Å². The molecule has 0 unspecified atom stereocenters. The Labute approximate surface area is 169 Å². The van der Waals surface area contributed by atoms with Crippen molar-refractivity contribution in [3.8, 4) is 5.75 Å². The number of aromatic hydroxyl groups is 1. The highest BCUT2D eigenvalue weighted by atomic mass is 16.3. The first kappa shape index (κ1) is 18.8. The predicted octanol–water partition coefficient (Wildman–Crippen LogP) is 3.95. The van der Waals surface area contributed by atoms with Crippen LogP contribution in [0.2, 0.25) is 0 Å². The maximum absolute atomic E-state index is 13.3. The van der Waals surface area contributed by atoms with Crippen molar-refractivity contribution in [3.05, 3.63) is 83.8 Å². The van der Waals surface area contributed by atoms with Crippen molar-refractivity contribution in [2.75, 3.05) is 11.4 Å². The summed E-state index contributed by atoms with van der Waals surface area (Å²) in [5.74, 6) is 0.676. The molecule has 0 radical (unpaired) electrons. The second-order valence-corrected chi connectivity index (χ2v) is 7.07. The molecule has 0 spiro atoms. The average molecular weight is 390 g/mol. The second kappa shape index (κ2) is 8.22. The number of hydrogen-bond acceptors (Lipinski definition) is 4. The van der Waals surface area contributed by atoms with Gasteiger partial charge in [-0.3, -0.25) is 9.59 Å². The van der Waals surface area contributed by atoms with E-state index in [0.29, 0.717) is 29.9 Å². The van der Waals surface area contributed by atoms with Crippen molar-refractivity contribution in [2.45, 2.75) is 25.9 Å². The monoisotopic (exact) mass is 390 g/mol. The molecule has 2 heterocycles. The second-order valence-electron chi connectivity index (χ2n) is 7.07. The minimum absolute atomic E-state index is 0.0799. The molecule has 1 aliphatic heterocycles. The number of phenolic OH excluding ortho intramolecular Hbond substituents is 1. The fraction of sp³-hybridized carbons (Fsp3) is 0.217. The molecule has 1 N–H and O–H groups in total. The fourth-order valence-electron chi connectivity index (χ4n) is 3.55. The van der Waals surface area contributed by atoms with Gasteiger partial charge in [0.1, 0.15) is 11.5 Å². The summed E-state index contributed by atoms with van der Waals surface area (Å²) in [5.41, 5.74) is 1.88. The SMILES string of the molecule is O=C(c1cccc(N2CCCC2=O)c1)N(Cc1ccco1)Cc1ccccc1O. The van der Waals surface area contributed by atoms with Gasteiger partial charge in [-0.15, -0.1) is 0 Å². The molecule has 4 rings (SSSR count). The van der Waals surface area contributed by atoms with Gasteiger partial charge in [0.2, 0.25) is 5.91 Å². The Morgan fingerprint density at radius 3 is 2.66 bits per heavy atom. The van der Waals surface area contributed by atoms with E-state index in [9.17, 15) is 14.7 Å². The summed E-state index contributed by atoms with van der Waals surface area (Å²) in [6.07, 6.45) is 2.93. The summed E-state index contributed by atoms with van der Waals surface area (Å²) < 4.78 is 5.43. The Hall–Kier alpha value is -3.54. The normalized spacial score (nSPS) is 13.7. The molecular formula is C23H22N2O4. The molecule has 1 fully saturated rings. The lowest BCUT2D eigenvalue weighted by molar-refractivity contribution is -0.117. The van der Waals surface area contributed by atoms with Gasteiger partial charge in [0.25, 0.3) is 5.91 Å². The molecule has 1 aromatic heterocycles. The summed E-state index contributed by atoms with van der Waals surface area (Å²) in [6, 6.07) is 17.7. The van der Waals surface area contributed by atoms with Crippen molar-refractivity contribution < 1.29 is 19.1 Å². The van der Waals surface area contributed by atoms with Crippen molar-refractivity contribution in [2.24, 2.45) is 0 Å². The lowest BCUT2D eigenvalue weighted by Crippen LogP contribution is -2.30. The number of nitrogens with zero attached hydrogens (tertiary/aromatic N) is 2. The van der Waals surface area contributed by atoms with Crippen molar-refractivity contribution in [1.82, 2.24) is 4.90 Å². The van der Waals surface area contributed by atoms with Crippen LogP contribution in [0.15, 0.2) is 71.3 Å². The summed E-state index contributed by atoms with van der Waals surface area (Å²) in [5, 5.41) is 10.1. The number of para-hydroxylation sites is 1. The van der Waals surface area contributed by atoms with E-state index in [0.717, 1.165) is 12.1 Å². The number of hydrogen-bond donors (Lipinski definition) is 1. The number of carbonyl (C=O) groups excluding carboxylic acids is 2. The quantitative estimate of drug-likeness (QED) is 0.692. The smallest absolute Gasteiger partial charge is 0.254 e. The molecule has 6 heteroatoms. The average Bonchev–Trinajstić information content (AvgIpc) is 3.40. The third-order valence-electron chi connectivity index (χ3n) is 5.05. The largest absolute Gasteiger partial charge is 0.508 e. The van der Waals surface area contributed by atoms with Crippen molar-refractivity contribution in [1.29, 1.82) is 0 Å². The molecule has 29 heavy (non-hydrogen) atoms. The zero-order valence-electron chi connectivity index (χ0n) is 16.0. The minimum Gasteiger partial charge on any atom is -0.508 e. The molecule has 148 valence electrons. The zero-order chi connectivity index (χ0) is 20.2. The van der Waals surface area contributed by atoms with Gasteiger partial charge >= 0.3 is 0 Å². The molecule has 3 aromatic rings. The molecule has 0 bridgehead atoms. The Bertz CT molecular complexity index is 1010. The maximum atomic E-state index is 13.3. The van der Waals surface area contributed by atoms with Crippen LogP contribution in [0.1, 0.15) is 34.5 Å². The summed E-state index contributed by atoms with van der Waals surface area (Å²) in [6.45, 7) is 1.18. The lowest BCUT2D eigenvalue weighted by Gasteiger charge is -2.23. The van der Waals surface area contributed by atoms with E-state index < -0.39 is 0 Å². The number of carbonyl (C=O) groups is 2. The predicted molar refractivity (Wildman–Crippen MR) is 108 cm³/mol. The Morgan fingerprint density at radius 2 is 1.93 bits per heavy atom. The molecule has 0 saturated carbocycles. The number of benzene rings is 2. The minimum atomic E-state index is -0.196. The number of anilines is 1. The van der Waals surface area contributed by atoms with Crippen LogP contribution in [-0.4, -0.2) is 28.4 Å². The fourth-order valence-corrected chi connectivity index (χ4v) is 3.55.